The summed E-state index contributed by atoms with van der Waals surface area (Å²) in [5.74, 6) is 1.34. The maximum absolute atomic E-state index is 12.3. The standard InChI is InChI=1S/C17H20N2O3S.ClH/c1-13-3-2-4-16(11-13)22-15-5-7-17(8-6-15)23(20,21)19-14-9-10-18-12-14;/h2-8,11,14,18-19H,9-10,12H2,1H3;1H. The number of nitrogens with one attached hydrogen (secondary N) is 2. The van der Waals surface area contributed by atoms with Gasteiger partial charge in [-0.3, -0.25) is 0 Å². The van der Waals surface area contributed by atoms with Crippen LogP contribution < -0.4 is 14.8 Å². The van der Waals surface area contributed by atoms with Gasteiger partial charge in [-0.15, -0.1) is 12.4 Å². The van der Waals surface area contributed by atoms with Gasteiger partial charge in [-0.25, -0.2) is 13.1 Å². The van der Waals surface area contributed by atoms with Gasteiger partial charge in [0.15, 0.2) is 0 Å². The van der Waals surface area contributed by atoms with E-state index < -0.39 is 10.0 Å². The maximum Gasteiger partial charge on any atom is 0.240 e. The van der Waals surface area contributed by atoms with Gasteiger partial charge in [0, 0.05) is 12.6 Å². The lowest BCUT2D eigenvalue weighted by Gasteiger charge is -2.12. The van der Waals surface area contributed by atoms with Crippen LogP contribution in [0.2, 0.25) is 0 Å². The molecule has 0 saturated carbocycles. The minimum atomic E-state index is -3.49. The summed E-state index contributed by atoms with van der Waals surface area (Å²) < 4.78 is 33.1. The van der Waals surface area contributed by atoms with E-state index in [0.29, 0.717) is 12.3 Å². The van der Waals surface area contributed by atoms with Crippen molar-refractivity contribution in [3.63, 3.8) is 0 Å². The molecule has 7 heteroatoms. The first-order valence-electron chi connectivity index (χ1n) is 7.60. The summed E-state index contributed by atoms with van der Waals surface area (Å²) in [7, 11) is -3.49. The second-order valence-electron chi connectivity index (χ2n) is 5.70. The zero-order chi connectivity index (χ0) is 16.3. The largest absolute Gasteiger partial charge is 0.457 e. The highest BCUT2D eigenvalue weighted by Gasteiger charge is 2.22. The molecule has 5 nitrogen and oxygen atoms in total. The second kappa shape index (κ2) is 7.98. The van der Waals surface area contributed by atoms with Gasteiger partial charge in [0.2, 0.25) is 10.0 Å². The van der Waals surface area contributed by atoms with E-state index in [1.54, 1.807) is 24.3 Å². The lowest BCUT2D eigenvalue weighted by Crippen LogP contribution is -2.36. The van der Waals surface area contributed by atoms with Gasteiger partial charge in [-0.2, -0.15) is 0 Å². The molecule has 1 atom stereocenters. The van der Waals surface area contributed by atoms with Crippen LogP contribution in [0.3, 0.4) is 0 Å². The van der Waals surface area contributed by atoms with Crippen LogP contribution in [0.4, 0.5) is 0 Å². The Balaban J connectivity index is 0.00000208. The van der Waals surface area contributed by atoms with E-state index in [0.717, 1.165) is 24.3 Å². The molecule has 1 aliphatic heterocycles. The number of sulfonamides is 1. The van der Waals surface area contributed by atoms with Gasteiger partial charge in [-0.1, -0.05) is 12.1 Å². The summed E-state index contributed by atoms with van der Waals surface area (Å²) in [6.45, 7) is 3.51. The normalized spacial score (nSPS) is 17.3. The predicted molar refractivity (Wildman–Crippen MR) is 96.5 cm³/mol. The van der Waals surface area contributed by atoms with Crippen LogP contribution >= 0.6 is 12.4 Å². The van der Waals surface area contributed by atoms with Crippen LogP contribution in [0.1, 0.15) is 12.0 Å². The first-order chi connectivity index (χ1) is 11.0. The van der Waals surface area contributed by atoms with E-state index in [1.165, 1.54) is 0 Å². The molecule has 1 heterocycles. The third-order valence-electron chi connectivity index (χ3n) is 3.74. The number of ether oxygens (including phenoxy) is 1. The van der Waals surface area contributed by atoms with Crippen molar-refractivity contribution in [3.8, 4) is 11.5 Å². The molecular formula is C17H21ClN2O3S. The Bertz CT molecular complexity index is 773. The first kappa shape index (κ1) is 18.7. The van der Waals surface area contributed by atoms with E-state index in [-0.39, 0.29) is 23.3 Å². The highest BCUT2D eigenvalue weighted by Crippen LogP contribution is 2.23. The zero-order valence-electron chi connectivity index (χ0n) is 13.4. The molecule has 130 valence electrons. The minimum absolute atomic E-state index is 0. The van der Waals surface area contributed by atoms with Gasteiger partial charge >= 0.3 is 0 Å². The molecule has 0 bridgehead atoms. The number of hydrogen-bond donors (Lipinski definition) is 2. The minimum Gasteiger partial charge on any atom is -0.457 e. The molecule has 2 aromatic carbocycles. The Morgan fingerprint density at radius 1 is 1.12 bits per heavy atom. The SMILES string of the molecule is Cc1cccc(Oc2ccc(S(=O)(=O)NC3CCNC3)cc2)c1.Cl. The Hall–Kier alpha value is -1.60. The lowest BCUT2D eigenvalue weighted by molar-refractivity contribution is 0.481. The Morgan fingerprint density at radius 2 is 1.88 bits per heavy atom. The Morgan fingerprint density at radius 3 is 2.50 bits per heavy atom. The third kappa shape index (κ3) is 4.70. The van der Waals surface area contributed by atoms with Crippen LogP contribution in [0.25, 0.3) is 0 Å². The number of benzene rings is 2. The monoisotopic (exact) mass is 368 g/mol. The first-order valence-corrected chi connectivity index (χ1v) is 9.09. The van der Waals surface area contributed by atoms with Gasteiger partial charge in [0.1, 0.15) is 11.5 Å². The van der Waals surface area contributed by atoms with Crippen molar-refractivity contribution in [3.05, 3.63) is 54.1 Å². The van der Waals surface area contributed by atoms with E-state index in [4.69, 9.17) is 4.74 Å². The summed E-state index contributed by atoms with van der Waals surface area (Å²) in [6.07, 6.45) is 0.813. The summed E-state index contributed by atoms with van der Waals surface area (Å²) in [6, 6.07) is 14.1. The van der Waals surface area contributed by atoms with Gasteiger partial charge in [0.25, 0.3) is 0 Å². The molecule has 1 unspecified atom stereocenters. The summed E-state index contributed by atoms with van der Waals surface area (Å²) in [4.78, 5) is 0.251. The Kier molecular flexibility index (Phi) is 6.23. The summed E-state index contributed by atoms with van der Waals surface area (Å²) in [5.41, 5.74) is 1.11. The smallest absolute Gasteiger partial charge is 0.240 e. The summed E-state index contributed by atoms with van der Waals surface area (Å²) in [5, 5.41) is 3.14. The van der Waals surface area contributed by atoms with Crippen molar-refractivity contribution in [1.29, 1.82) is 0 Å². The van der Waals surface area contributed by atoms with Crippen LogP contribution in [0.15, 0.2) is 53.4 Å². The molecule has 0 amide bonds. The molecule has 1 saturated heterocycles. The van der Waals surface area contributed by atoms with Crippen molar-refractivity contribution in [1.82, 2.24) is 10.0 Å². The van der Waals surface area contributed by atoms with E-state index in [1.807, 2.05) is 31.2 Å². The molecule has 0 radical (unpaired) electrons. The van der Waals surface area contributed by atoms with E-state index in [9.17, 15) is 8.42 Å². The van der Waals surface area contributed by atoms with Gasteiger partial charge in [-0.05, 0) is 61.9 Å². The van der Waals surface area contributed by atoms with Crippen molar-refractivity contribution >= 4 is 22.4 Å². The Labute approximate surface area is 148 Å². The molecule has 0 aromatic heterocycles. The van der Waals surface area contributed by atoms with E-state index >= 15 is 0 Å². The van der Waals surface area contributed by atoms with Crippen LogP contribution in [0.5, 0.6) is 11.5 Å². The number of halogens is 1. The summed E-state index contributed by atoms with van der Waals surface area (Å²) >= 11 is 0. The molecule has 1 fully saturated rings. The van der Waals surface area contributed by atoms with Crippen molar-refractivity contribution < 1.29 is 13.2 Å². The molecule has 1 aliphatic rings. The molecular weight excluding hydrogens is 348 g/mol. The fourth-order valence-electron chi connectivity index (χ4n) is 2.54. The van der Waals surface area contributed by atoms with Crippen molar-refractivity contribution in [2.45, 2.75) is 24.3 Å². The average molecular weight is 369 g/mol. The highest BCUT2D eigenvalue weighted by atomic mass is 35.5. The lowest BCUT2D eigenvalue weighted by atomic mass is 10.2. The number of aryl methyl sites for hydroxylation is 1. The van der Waals surface area contributed by atoms with Gasteiger partial charge < -0.3 is 10.1 Å². The fraction of sp³-hybridized carbons (Fsp3) is 0.294. The average Bonchev–Trinajstić information content (AvgIpc) is 3.00. The van der Waals surface area contributed by atoms with Crippen LogP contribution in [0, 0.1) is 6.92 Å². The molecule has 0 spiro atoms. The van der Waals surface area contributed by atoms with Crippen LogP contribution in [-0.2, 0) is 10.0 Å². The fourth-order valence-corrected chi connectivity index (χ4v) is 3.81. The predicted octanol–water partition coefficient (Wildman–Crippen LogP) is 2.85. The molecule has 0 aliphatic carbocycles. The second-order valence-corrected chi connectivity index (χ2v) is 7.41. The van der Waals surface area contributed by atoms with E-state index in [2.05, 4.69) is 10.0 Å². The number of hydrogen-bond acceptors (Lipinski definition) is 4. The van der Waals surface area contributed by atoms with Crippen LogP contribution in [-0.4, -0.2) is 27.5 Å². The number of rotatable bonds is 5. The van der Waals surface area contributed by atoms with Gasteiger partial charge in [0.05, 0.1) is 4.90 Å². The molecule has 2 N–H and O–H groups in total. The van der Waals surface area contributed by atoms with Crippen molar-refractivity contribution in [2.24, 2.45) is 0 Å². The highest BCUT2D eigenvalue weighted by molar-refractivity contribution is 7.89. The topological polar surface area (TPSA) is 67.4 Å². The quantitative estimate of drug-likeness (QED) is 0.851. The third-order valence-corrected chi connectivity index (χ3v) is 5.28. The molecule has 3 rings (SSSR count). The zero-order valence-corrected chi connectivity index (χ0v) is 15.0. The molecule has 24 heavy (non-hydrogen) atoms. The maximum atomic E-state index is 12.3. The molecule has 2 aromatic rings. The van der Waals surface area contributed by atoms with Crippen molar-refractivity contribution in [2.75, 3.05) is 13.1 Å².